The molecule has 7 heteroatoms. The third-order valence-electron chi connectivity index (χ3n) is 4.98. The lowest BCUT2D eigenvalue weighted by Crippen LogP contribution is -2.54. The molecule has 0 radical (unpaired) electrons. The van der Waals surface area contributed by atoms with Gasteiger partial charge in [-0.1, -0.05) is 12.8 Å². The highest BCUT2D eigenvalue weighted by Gasteiger charge is 2.31. The number of aromatic amines is 1. The second-order valence-corrected chi connectivity index (χ2v) is 6.24. The van der Waals surface area contributed by atoms with Crippen molar-refractivity contribution < 1.29 is 5.11 Å². The fourth-order valence-electron chi connectivity index (χ4n) is 3.78. The highest BCUT2D eigenvalue weighted by molar-refractivity contribution is 5.82. The molecule has 4 rings (SSSR count). The van der Waals surface area contributed by atoms with Crippen LogP contribution >= 0.6 is 0 Å². The first-order valence-electron chi connectivity index (χ1n) is 8.14. The van der Waals surface area contributed by atoms with Crippen molar-refractivity contribution in [2.45, 2.75) is 37.8 Å². The number of fused-ring (bicyclic) bond motifs is 1. The number of imidazole rings is 1. The van der Waals surface area contributed by atoms with Crippen molar-refractivity contribution in [3.63, 3.8) is 0 Å². The van der Waals surface area contributed by atoms with E-state index in [4.69, 9.17) is 0 Å². The normalized spacial score (nSPS) is 27.4. The predicted octanol–water partition coefficient (Wildman–Crippen LogP) is 0.778. The Morgan fingerprint density at radius 3 is 2.68 bits per heavy atom. The van der Waals surface area contributed by atoms with Crippen molar-refractivity contribution in [1.29, 1.82) is 0 Å². The number of anilines is 1. The molecule has 7 nitrogen and oxygen atoms in total. The van der Waals surface area contributed by atoms with Gasteiger partial charge in [-0.3, -0.25) is 4.90 Å². The number of hydrogen-bond acceptors (Lipinski definition) is 6. The summed E-state index contributed by atoms with van der Waals surface area (Å²) in [4.78, 5) is 20.7. The van der Waals surface area contributed by atoms with Gasteiger partial charge in [-0.05, 0) is 12.8 Å². The maximum Gasteiger partial charge on any atom is 0.182 e. The van der Waals surface area contributed by atoms with E-state index in [1.807, 2.05) is 0 Å². The zero-order valence-corrected chi connectivity index (χ0v) is 12.6. The standard InChI is InChI=1S/C15H22N6O/c22-12-4-2-1-3-11(12)20-5-7-21(8-6-20)15-13-14(17-9-16-13)18-10-19-15/h9-12,22H,1-8H2,(H,16,17,18,19)/t11-,12-/m1/s1. The minimum Gasteiger partial charge on any atom is -0.391 e. The van der Waals surface area contributed by atoms with Crippen molar-refractivity contribution in [3.8, 4) is 0 Å². The van der Waals surface area contributed by atoms with Crippen LogP contribution < -0.4 is 4.90 Å². The van der Waals surface area contributed by atoms with Gasteiger partial charge in [-0.25, -0.2) is 15.0 Å². The molecule has 3 heterocycles. The maximum absolute atomic E-state index is 10.2. The number of aromatic nitrogens is 4. The summed E-state index contributed by atoms with van der Waals surface area (Å²) in [6.45, 7) is 3.80. The molecule has 2 fully saturated rings. The molecule has 0 amide bonds. The van der Waals surface area contributed by atoms with Crippen LogP contribution in [0.3, 0.4) is 0 Å². The van der Waals surface area contributed by atoms with Gasteiger partial charge >= 0.3 is 0 Å². The van der Waals surface area contributed by atoms with Crippen molar-refractivity contribution in [1.82, 2.24) is 24.8 Å². The zero-order chi connectivity index (χ0) is 14.9. The molecule has 1 aliphatic heterocycles. The van der Waals surface area contributed by atoms with E-state index in [1.54, 1.807) is 12.7 Å². The smallest absolute Gasteiger partial charge is 0.182 e. The molecule has 0 unspecified atom stereocenters. The molecule has 1 saturated carbocycles. The lowest BCUT2D eigenvalue weighted by atomic mass is 9.91. The van der Waals surface area contributed by atoms with Gasteiger partial charge in [-0.2, -0.15) is 0 Å². The fourth-order valence-corrected chi connectivity index (χ4v) is 3.78. The zero-order valence-electron chi connectivity index (χ0n) is 12.6. The number of hydrogen-bond donors (Lipinski definition) is 2. The van der Waals surface area contributed by atoms with Gasteiger partial charge in [0.25, 0.3) is 0 Å². The first-order chi connectivity index (χ1) is 10.8. The summed E-state index contributed by atoms with van der Waals surface area (Å²) in [5.41, 5.74) is 1.63. The number of H-pyrrole nitrogens is 1. The van der Waals surface area contributed by atoms with Crippen LogP contribution in [0.15, 0.2) is 12.7 Å². The van der Waals surface area contributed by atoms with Crippen molar-refractivity contribution in [2.75, 3.05) is 31.1 Å². The molecule has 2 aromatic heterocycles. The summed E-state index contributed by atoms with van der Waals surface area (Å²) in [6.07, 6.45) is 7.57. The molecule has 118 valence electrons. The van der Waals surface area contributed by atoms with Crippen LogP contribution in [0.4, 0.5) is 5.82 Å². The summed E-state index contributed by atoms with van der Waals surface area (Å²) in [5.74, 6) is 0.936. The molecule has 22 heavy (non-hydrogen) atoms. The predicted molar refractivity (Wildman–Crippen MR) is 83.7 cm³/mol. The number of rotatable bonds is 2. The number of aliphatic hydroxyl groups excluding tert-OH is 1. The van der Waals surface area contributed by atoms with Crippen LogP contribution in [-0.2, 0) is 0 Å². The molecule has 0 aromatic carbocycles. The van der Waals surface area contributed by atoms with Crippen LogP contribution in [0.5, 0.6) is 0 Å². The minimum absolute atomic E-state index is 0.154. The lowest BCUT2D eigenvalue weighted by Gasteiger charge is -2.43. The van der Waals surface area contributed by atoms with E-state index in [9.17, 15) is 5.11 Å². The molecule has 2 N–H and O–H groups in total. The van der Waals surface area contributed by atoms with Gasteiger partial charge in [0, 0.05) is 32.2 Å². The molecule has 1 aliphatic carbocycles. The first kappa shape index (κ1) is 13.9. The summed E-state index contributed by atoms with van der Waals surface area (Å²) < 4.78 is 0. The van der Waals surface area contributed by atoms with Gasteiger partial charge in [0.15, 0.2) is 11.5 Å². The van der Waals surface area contributed by atoms with Crippen molar-refractivity contribution in [2.24, 2.45) is 0 Å². The highest BCUT2D eigenvalue weighted by atomic mass is 16.3. The SMILES string of the molecule is O[C@@H]1CCCC[C@H]1N1CCN(c2ncnc3nc[nH]c23)CC1. The Hall–Kier alpha value is -1.73. The van der Waals surface area contributed by atoms with E-state index in [0.29, 0.717) is 6.04 Å². The largest absolute Gasteiger partial charge is 0.391 e. The van der Waals surface area contributed by atoms with Crippen LogP contribution in [0.2, 0.25) is 0 Å². The Bertz CT molecular complexity index is 636. The van der Waals surface area contributed by atoms with Crippen molar-refractivity contribution >= 4 is 17.0 Å². The third kappa shape index (κ3) is 2.44. The van der Waals surface area contributed by atoms with E-state index in [1.165, 1.54) is 6.42 Å². The van der Waals surface area contributed by atoms with E-state index in [0.717, 1.165) is 62.4 Å². The number of piperazine rings is 1. The maximum atomic E-state index is 10.2. The van der Waals surface area contributed by atoms with Crippen LogP contribution in [0.1, 0.15) is 25.7 Å². The van der Waals surface area contributed by atoms with E-state index in [-0.39, 0.29) is 6.10 Å². The van der Waals surface area contributed by atoms with Gasteiger partial charge < -0.3 is 15.0 Å². The monoisotopic (exact) mass is 302 g/mol. The summed E-state index contributed by atoms with van der Waals surface area (Å²) in [6, 6.07) is 0.341. The summed E-state index contributed by atoms with van der Waals surface area (Å²) in [7, 11) is 0. The average molecular weight is 302 g/mol. The average Bonchev–Trinajstić information content (AvgIpc) is 3.04. The van der Waals surface area contributed by atoms with Gasteiger partial charge in [-0.15, -0.1) is 0 Å². The Morgan fingerprint density at radius 1 is 1.05 bits per heavy atom. The van der Waals surface area contributed by atoms with Crippen molar-refractivity contribution in [3.05, 3.63) is 12.7 Å². The second kappa shape index (κ2) is 5.81. The van der Waals surface area contributed by atoms with Gasteiger partial charge in [0.2, 0.25) is 0 Å². The van der Waals surface area contributed by atoms with Crippen LogP contribution in [0, 0.1) is 0 Å². The highest BCUT2D eigenvalue weighted by Crippen LogP contribution is 2.26. The van der Waals surface area contributed by atoms with Crippen LogP contribution in [-0.4, -0.2) is 68.3 Å². The van der Waals surface area contributed by atoms with Gasteiger partial charge in [0.1, 0.15) is 11.8 Å². The van der Waals surface area contributed by atoms with E-state index in [2.05, 4.69) is 29.7 Å². The molecule has 2 aliphatic rings. The Labute approximate surface area is 129 Å². The number of nitrogens with zero attached hydrogens (tertiary/aromatic N) is 5. The number of nitrogens with one attached hydrogen (secondary N) is 1. The van der Waals surface area contributed by atoms with Gasteiger partial charge in [0.05, 0.1) is 12.4 Å². The first-order valence-corrected chi connectivity index (χ1v) is 8.14. The topological polar surface area (TPSA) is 81.2 Å². The van der Waals surface area contributed by atoms with E-state index >= 15 is 0 Å². The Balaban J connectivity index is 1.46. The second-order valence-electron chi connectivity index (χ2n) is 6.24. The molecular formula is C15H22N6O. The van der Waals surface area contributed by atoms with Crippen LogP contribution in [0.25, 0.3) is 11.2 Å². The molecule has 0 spiro atoms. The molecule has 1 saturated heterocycles. The summed E-state index contributed by atoms with van der Waals surface area (Å²) in [5, 5.41) is 10.2. The quantitative estimate of drug-likeness (QED) is 0.853. The molecular weight excluding hydrogens is 280 g/mol. The molecule has 2 aromatic rings. The molecule has 2 atom stereocenters. The lowest BCUT2D eigenvalue weighted by molar-refractivity contribution is 0.0173. The Kier molecular flexibility index (Phi) is 3.67. The molecule has 0 bridgehead atoms. The fraction of sp³-hybridized carbons (Fsp3) is 0.667. The van der Waals surface area contributed by atoms with E-state index < -0.39 is 0 Å². The Morgan fingerprint density at radius 2 is 1.86 bits per heavy atom. The third-order valence-corrected chi connectivity index (χ3v) is 4.98. The summed E-state index contributed by atoms with van der Waals surface area (Å²) >= 11 is 0. The number of aliphatic hydroxyl groups is 1. The minimum atomic E-state index is -0.154.